The smallest absolute Gasteiger partial charge is 0.220 e. The van der Waals surface area contributed by atoms with E-state index in [1.165, 1.54) is 11.8 Å². The van der Waals surface area contributed by atoms with Crippen molar-refractivity contribution in [2.75, 3.05) is 6.26 Å². The fraction of sp³-hybridized carbons (Fsp3) is 0.900. The van der Waals surface area contributed by atoms with Gasteiger partial charge in [0.2, 0.25) is 5.91 Å². The highest BCUT2D eigenvalue weighted by molar-refractivity contribution is 7.99. The molecule has 1 amide bonds. The van der Waals surface area contributed by atoms with Gasteiger partial charge in [0.15, 0.2) is 0 Å². The van der Waals surface area contributed by atoms with Crippen LogP contribution in [0.3, 0.4) is 0 Å². The van der Waals surface area contributed by atoms with Gasteiger partial charge in [-0.2, -0.15) is 0 Å². The number of carbonyl (C=O) groups excluding carboxylic acids is 1. The first kappa shape index (κ1) is 14.7. The summed E-state index contributed by atoms with van der Waals surface area (Å²) in [7, 11) is 0. The van der Waals surface area contributed by atoms with Crippen LogP contribution in [0, 0.1) is 5.92 Å². The molecule has 1 saturated heterocycles. The monoisotopic (exact) mass is 265 g/mol. The number of rotatable bonds is 4. The zero-order valence-electron chi connectivity index (χ0n) is 9.81. The lowest BCUT2D eigenvalue weighted by molar-refractivity contribution is -0.201. The Balaban J connectivity index is 2.68. The zero-order chi connectivity index (χ0) is 13.2. The SMILES string of the molecule is CSC1OC(CC(C)C(N)=O)C(O)C(O)C1O. The van der Waals surface area contributed by atoms with Gasteiger partial charge in [-0.25, -0.2) is 0 Å². The number of hydrogen-bond donors (Lipinski definition) is 4. The number of thioether (sulfide) groups is 1. The van der Waals surface area contributed by atoms with E-state index in [9.17, 15) is 20.1 Å². The number of nitrogens with two attached hydrogens (primary N) is 1. The number of primary amides is 1. The first-order chi connectivity index (χ1) is 7.88. The van der Waals surface area contributed by atoms with Crippen molar-refractivity contribution in [1.82, 2.24) is 0 Å². The summed E-state index contributed by atoms with van der Waals surface area (Å²) in [5.41, 5.74) is 4.52. The van der Waals surface area contributed by atoms with Gasteiger partial charge in [0.05, 0.1) is 6.10 Å². The number of aliphatic hydroxyl groups excluding tert-OH is 3. The molecule has 7 heteroatoms. The molecule has 0 saturated carbocycles. The van der Waals surface area contributed by atoms with E-state index in [0.717, 1.165) is 0 Å². The highest BCUT2D eigenvalue weighted by atomic mass is 32.2. The maximum atomic E-state index is 10.9. The van der Waals surface area contributed by atoms with E-state index in [-0.39, 0.29) is 6.42 Å². The van der Waals surface area contributed by atoms with Crippen LogP contribution < -0.4 is 5.73 Å². The summed E-state index contributed by atoms with van der Waals surface area (Å²) in [5.74, 6) is -0.943. The third-order valence-electron chi connectivity index (χ3n) is 2.97. The molecular formula is C10H19NO5S. The number of hydrogen-bond acceptors (Lipinski definition) is 6. The molecule has 0 radical (unpaired) electrons. The van der Waals surface area contributed by atoms with E-state index < -0.39 is 41.7 Å². The van der Waals surface area contributed by atoms with Crippen molar-refractivity contribution in [3.05, 3.63) is 0 Å². The van der Waals surface area contributed by atoms with Crippen LogP contribution in [-0.2, 0) is 9.53 Å². The Hall–Kier alpha value is -0.340. The van der Waals surface area contributed by atoms with Gasteiger partial charge in [-0.15, -0.1) is 11.8 Å². The minimum Gasteiger partial charge on any atom is -0.388 e. The van der Waals surface area contributed by atoms with Gasteiger partial charge < -0.3 is 25.8 Å². The second kappa shape index (κ2) is 6.01. The molecule has 0 aliphatic carbocycles. The van der Waals surface area contributed by atoms with Crippen molar-refractivity contribution >= 4 is 17.7 Å². The highest BCUT2D eigenvalue weighted by Crippen LogP contribution is 2.29. The van der Waals surface area contributed by atoms with Crippen LogP contribution >= 0.6 is 11.8 Å². The van der Waals surface area contributed by atoms with Gasteiger partial charge in [-0.3, -0.25) is 4.79 Å². The molecule has 1 rings (SSSR count). The second-order valence-electron chi connectivity index (χ2n) is 4.29. The Morgan fingerprint density at radius 2 is 1.94 bits per heavy atom. The Morgan fingerprint density at radius 3 is 2.41 bits per heavy atom. The van der Waals surface area contributed by atoms with Gasteiger partial charge in [-0.1, -0.05) is 6.92 Å². The molecule has 0 spiro atoms. The number of ether oxygens (including phenoxy) is 1. The lowest BCUT2D eigenvalue weighted by Crippen LogP contribution is -2.57. The van der Waals surface area contributed by atoms with Crippen LogP contribution in [0.1, 0.15) is 13.3 Å². The fourth-order valence-corrected chi connectivity index (χ4v) is 2.46. The molecule has 6 nitrogen and oxygen atoms in total. The molecule has 0 bridgehead atoms. The fourth-order valence-electron chi connectivity index (χ4n) is 1.77. The molecule has 0 aromatic carbocycles. The van der Waals surface area contributed by atoms with Gasteiger partial charge >= 0.3 is 0 Å². The van der Waals surface area contributed by atoms with Crippen LogP contribution in [0.5, 0.6) is 0 Å². The standard InChI is InChI=1S/C10H19NO5S/c1-4(9(11)15)3-5-6(12)7(13)8(14)10(16-5)17-2/h4-8,10,12-14H,3H2,1-2H3,(H2,11,15). The summed E-state index contributed by atoms with van der Waals surface area (Å²) in [6.07, 6.45) is -2.38. The number of carbonyl (C=O) groups is 1. The summed E-state index contributed by atoms with van der Waals surface area (Å²) in [6, 6.07) is 0. The normalized spacial score (nSPS) is 39.9. The van der Waals surface area contributed by atoms with E-state index >= 15 is 0 Å². The van der Waals surface area contributed by atoms with Crippen molar-refractivity contribution in [3.63, 3.8) is 0 Å². The molecule has 6 unspecified atom stereocenters. The number of aliphatic hydroxyl groups is 3. The van der Waals surface area contributed by atoms with E-state index in [0.29, 0.717) is 0 Å². The second-order valence-corrected chi connectivity index (χ2v) is 5.23. The maximum absolute atomic E-state index is 10.9. The first-order valence-electron chi connectivity index (χ1n) is 5.40. The molecule has 1 heterocycles. The third-order valence-corrected chi connectivity index (χ3v) is 3.83. The molecule has 1 fully saturated rings. The van der Waals surface area contributed by atoms with Crippen LogP contribution in [0.4, 0.5) is 0 Å². The van der Waals surface area contributed by atoms with Crippen LogP contribution in [0.15, 0.2) is 0 Å². The lowest BCUT2D eigenvalue weighted by atomic mass is 9.92. The molecule has 5 N–H and O–H groups in total. The zero-order valence-corrected chi connectivity index (χ0v) is 10.6. The Morgan fingerprint density at radius 1 is 1.35 bits per heavy atom. The molecule has 0 aromatic rings. The summed E-state index contributed by atoms with van der Waals surface area (Å²) >= 11 is 1.24. The van der Waals surface area contributed by atoms with Gasteiger partial charge in [-0.05, 0) is 12.7 Å². The minimum atomic E-state index is -1.27. The Labute approximate surface area is 104 Å². The average molecular weight is 265 g/mol. The summed E-state index contributed by atoms with van der Waals surface area (Å²) in [5, 5.41) is 29.0. The van der Waals surface area contributed by atoms with E-state index in [1.807, 2.05) is 0 Å². The van der Waals surface area contributed by atoms with Crippen molar-refractivity contribution in [2.24, 2.45) is 11.7 Å². The quantitative estimate of drug-likeness (QED) is 0.501. The van der Waals surface area contributed by atoms with Crippen molar-refractivity contribution in [1.29, 1.82) is 0 Å². The Bertz CT molecular complexity index is 275. The molecular weight excluding hydrogens is 246 g/mol. The average Bonchev–Trinajstić information content (AvgIpc) is 2.29. The van der Waals surface area contributed by atoms with Crippen LogP contribution in [0.2, 0.25) is 0 Å². The summed E-state index contributed by atoms with van der Waals surface area (Å²) in [4.78, 5) is 10.9. The van der Waals surface area contributed by atoms with Crippen LogP contribution in [0.25, 0.3) is 0 Å². The predicted molar refractivity (Wildman–Crippen MR) is 63.2 cm³/mol. The van der Waals surface area contributed by atoms with Crippen molar-refractivity contribution in [2.45, 2.75) is 43.2 Å². The third kappa shape index (κ3) is 3.32. The van der Waals surface area contributed by atoms with Gasteiger partial charge in [0, 0.05) is 5.92 Å². The highest BCUT2D eigenvalue weighted by Gasteiger charge is 2.43. The van der Waals surface area contributed by atoms with Crippen molar-refractivity contribution in [3.8, 4) is 0 Å². The van der Waals surface area contributed by atoms with Gasteiger partial charge in [0.1, 0.15) is 23.7 Å². The maximum Gasteiger partial charge on any atom is 0.220 e. The van der Waals surface area contributed by atoms with Gasteiger partial charge in [0.25, 0.3) is 0 Å². The predicted octanol–water partition coefficient (Wildman–Crippen LogP) is -1.33. The molecule has 0 aromatic heterocycles. The minimum absolute atomic E-state index is 0.220. The van der Waals surface area contributed by atoms with Crippen LogP contribution in [-0.4, -0.2) is 57.3 Å². The molecule has 17 heavy (non-hydrogen) atoms. The molecule has 6 atom stereocenters. The first-order valence-corrected chi connectivity index (χ1v) is 6.69. The summed E-state index contributed by atoms with van der Waals surface area (Å²) in [6.45, 7) is 1.63. The van der Waals surface area contributed by atoms with E-state index in [2.05, 4.69) is 0 Å². The lowest BCUT2D eigenvalue weighted by Gasteiger charge is -2.40. The molecule has 1 aliphatic heterocycles. The van der Waals surface area contributed by atoms with E-state index in [4.69, 9.17) is 10.5 Å². The number of amides is 1. The Kier molecular flexibility index (Phi) is 5.21. The molecule has 1 aliphatic rings. The molecule has 100 valence electrons. The van der Waals surface area contributed by atoms with Crippen molar-refractivity contribution < 1.29 is 24.9 Å². The largest absolute Gasteiger partial charge is 0.388 e. The van der Waals surface area contributed by atoms with E-state index in [1.54, 1.807) is 13.2 Å². The topological polar surface area (TPSA) is 113 Å². The summed E-state index contributed by atoms with van der Waals surface area (Å²) < 4.78 is 5.45.